The van der Waals surface area contributed by atoms with E-state index in [1.807, 2.05) is 13.8 Å². The first-order valence-electron chi connectivity index (χ1n) is 6.99. The van der Waals surface area contributed by atoms with E-state index in [1.165, 1.54) is 0 Å². The molecule has 2 rings (SSSR count). The van der Waals surface area contributed by atoms with E-state index in [0.717, 1.165) is 27.2 Å². The van der Waals surface area contributed by atoms with Gasteiger partial charge in [0, 0.05) is 18.9 Å². The number of aromatic nitrogens is 2. The number of fused-ring (bicyclic) bond motifs is 1. The Labute approximate surface area is 135 Å². The van der Waals surface area contributed by atoms with E-state index >= 15 is 0 Å². The number of carboxylic acids is 1. The first-order valence-corrected chi connectivity index (χ1v) is 7.80. The lowest BCUT2D eigenvalue weighted by atomic mass is 10.1. The summed E-state index contributed by atoms with van der Waals surface area (Å²) in [6, 6.07) is 0.00860. The molecule has 1 unspecified atom stereocenters. The highest BCUT2D eigenvalue weighted by atomic mass is 32.1. The largest absolute Gasteiger partial charge is 0.480 e. The first-order chi connectivity index (χ1) is 10.7. The normalized spacial score (nSPS) is 13.0. The van der Waals surface area contributed by atoms with Crippen molar-refractivity contribution < 1.29 is 23.5 Å². The highest BCUT2D eigenvalue weighted by molar-refractivity contribution is 7.20. The van der Waals surface area contributed by atoms with Gasteiger partial charge >= 0.3 is 5.97 Å². The van der Waals surface area contributed by atoms with E-state index in [1.54, 1.807) is 17.8 Å². The molecular formula is C14H17F2N3O3S. The molecule has 2 aromatic rings. The molecule has 0 saturated carbocycles. The quantitative estimate of drug-likeness (QED) is 0.843. The maximum atomic E-state index is 12.4. The maximum Gasteiger partial charge on any atom is 0.326 e. The van der Waals surface area contributed by atoms with Crippen molar-refractivity contribution in [2.45, 2.75) is 38.7 Å². The van der Waals surface area contributed by atoms with E-state index in [-0.39, 0.29) is 10.8 Å². The summed E-state index contributed by atoms with van der Waals surface area (Å²) >= 11 is 1.15. The van der Waals surface area contributed by atoms with Crippen LogP contribution < -0.4 is 5.32 Å². The van der Waals surface area contributed by atoms with Crippen molar-refractivity contribution in [1.29, 1.82) is 0 Å². The molecule has 9 heteroatoms. The summed E-state index contributed by atoms with van der Waals surface area (Å²) in [5.41, 5.74) is 0.833. The van der Waals surface area contributed by atoms with Gasteiger partial charge in [-0.3, -0.25) is 9.48 Å². The zero-order chi connectivity index (χ0) is 17.3. The molecule has 2 aromatic heterocycles. The van der Waals surface area contributed by atoms with E-state index in [9.17, 15) is 18.4 Å². The van der Waals surface area contributed by atoms with Crippen molar-refractivity contribution >= 4 is 33.4 Å². The van der Waals surface area contributed by atoms with Crippen LogP contribution in [0.1, 0.15) is 41.6 Å². The summed E-state index contributed by atoms with van der Waals surface area (Å²) < 4.78 is 26.4. The number of hydrogen-bond donors (Lipinski definition) is 2. The lowest BCUT2D eigenvalue weighted by Crippen LogP contribution is -2.41. The molecule has 23 heavy (non-hydrogen) atoms. The Kier molecular flexibility index (Phi) is 4.98. The smallest absolute Gasteiger partial charge is 0.326 e. The standard InChI is InChI=1S/C14H17F2N3O3S/c1-6(2)11-7-4-9(23-13(7)19(3)18-11)12(20)17-8(14(21)22)5-10(15)16/h4,6,8,10H,5H2,1-3H3,(H,17,20)(H,21,22). The third-order valence-corrected chi connectivity index (χ3v) is 4.53. The van der Waals surface area contributed by atoms with Gasteiger partial charge in [0.25, 0.3) is 5.91 Å². The number of carbonyl (C=O) groups is 2. The molecule has 2 N–H and O–H groups in total. The lowest BCUT2D eigenvalue weighted by Gasteiger charge is -2.13. The Bertz CT molecular complexity index is 739. The fourth-order valence-corrected chi connectivity index (χ4v) is 3.22. The average Bonchev–Trinajstić information content (AvgIpc) is 2.98. The van der Waals surface area contributed by atoms with Gasteiger partial charge in [0.2, 0.25) is 6.43 Å². The van der Waals surface area contributed by atoms with Crippen LogP contribution in [0.4, 0.5) is 8.78 Å². The van der Waals surface area contributed by atoms with Crippen molar-refractivity contribution in [3.63, 3.8) is 0 Å². The van der Waals surface area contributed by atoms with Crippen LogP contribution in [-0.4, -0.2) is 39.2 Å². The first kappa shape index (κ1) is 17.3. The number of nitrogens with zero attached hydrogens (tertiary/aromatic N) is 2. The third kappa shape index (κ3) is 3.66. The fraction of sp³-hybridized carbons (Fsp3) is 0.500. The second-order valence-corrected chi connectivity index (χ2v) is 6.51. The topological polar surface area (TPSA) is 84.2 Å². The van der Waals surface area contributed by atoms with Crippen molar-refractivity contribution in [2.75, 3.05) is 0 Å². The Morgan fingerprint density at radius 2 is 2.09 bits per heavy atom. The van der Waals surface area contributed by atoms with Crippen LogP contribution in [0.3, 0.4) is 0 Å². The van der Waals surface area contributed by atoms with Crippen molar-refractivity contribution in [3.8, 4) is 0 Å². The molecular weight excluding hydrogens is 328 g/mol. The minimum Gasteiger partial charge on any atom is -0.480 e. The van der Waals surface area contributed by atoms with Gasteiger partial charge in [0.15, 0.2) is 0 Å². The van der Waals surface area contributed by atoms with Crippen molar-refractivity contribution in [1.82, 2.24) is 15.1 Å². The average molecular weight is 345 g/mol. The lowest BCUT2D eigenvalue weighted by molar-refractivity contribution is -0.140. The molecule has 0 aromatic carbocycles. The molecule has 0 fully saturated rings. The van der Waals surface area contributed by atoms with Gasteiger partial charge in [-0.25, -0.2) is 13.6 Å². The number of alkyl halides is 2. The second kappa shape index (κ2) is 6.61. The predicted molar refractivity (Wildman–Crippen MR) is 82.2 cm³/mol. The fourth-order valence-electron chi connectivity index (χ4n) is 2.23. The highest BCUT2D eigenvalue weighted by Crippen LogP contribution is 2.31. The zero-order valence-corrected chi connectivity index (χ0v) is 13.7. The number of amides is 1. The Hall–Kier alpha value is -2.03. The molecule has 0 saturated heterocycles. The van der Waals surface area contributed by atoms with E-state index < -0.39 is 30.8 Å². The summed E-state index contributed by atoms with van der Waals surface area (Å²) in [6.07, 6.45) is -3.74. The van der Waals surface area contributed by atoms with Crippen molar-refractivity contribution in [2.24, 2.45) is 7.05 Å². The van der Waals surface area contributed by atoms with Gasteiger partial charge in [0.1, 0.15) is 10.9 Å². The van der Waals surface area contributed by atoms with E-state index in [0.29, 0.717) is 0 Å². The van der Waals surface area contributed by atoms with Crippen LogP contribution in [0.25, 0.3) is 10.2 Å². The summed E-state index contributed by atoms with van der Waals surface area (Å²) in [5.74, 6) is -1.99. The molecule has 0 radical (unpaired) electrons. The second-order valence-electron chi connectivity index (χ2n) is 5.48. The molecule has 0 aliphatic rings. The predicted octanol–water partition coefficient (Wildman–Crippen LogP) is 2.60. The number of thiophene rings is 1. The Morgan fingerprint density at radius 1 is 1.43 bits per heavy atom. The van der Waals surface area contributed by atoms with Crippen LogP contribution >= 0.6 is 11.3 Å². The van der Waals surface area contributed by atoms with Crippen LogP contribution in [0.5, 0.6) is 0 Å². The van der Waals surface area contributed by atoms with Crippen LogP contribution in [-0.2, 0) is 11.8 Å². The van der Waals surface area contributed by atoms with Crippen molar-refractivity contribution in [3.05, 3.63) is 16.6 Å². The Morgan fingerprint density at radius 3 is 2.61 bits per heavy atom. The number of nitrogens with one attached hydrogen (secondary N) is 1. The van der Waals surface area contributed by atoms with Crippen LogP contribution in [0.2, 0.25) is 0 Å². The molecule has 2 heterocycles. The molecule has 126 valence electrons. The molecule has 0 aliphatic carbocycles. The van der Waals surface area contributed by atoms with Crippen LogP contribution in [0, 0.1) is 0 Å². The molecule has 0 spiro atoms. The number of carbonyl (C=O) groups excluding carboxylic acids is 1. The minimum absolute atomic E-state index is 0.162. The van der Waals surface area contributed by atoms with Gasteiger partial charge in [0.05, 0.1) is 10.6 Å². The highest BCUT2D eigenvalue weighted by Gasteiger charge is 2.26. The number of halogens is 2. The number of hydrogen-bond acceptors (Lipinski definition) is 4. The van der Waals surface area contributed by atoms with E-state index in [2.05, 4.69) is 10.4 Å². The SMILES string of the molecule is CC(C)c1nn(C)c2sc(C(=O)NC(CC(F)F)C(=O)O)cc12. The van der Waals surface area contributed by atoms with E-state index in [4.69, 9.17) is 5.11 Å². The third-order valence-electron chi connectivity index (χ3n) is 3.33. The van der Waals surface area contributed by atoms with Gasteiger partial charge in [-0.2, -0.15) is 5.10 Å². The molecule has 0 aliphatic heterocycles. The van der Waals surface area contributed by atoms with Gasteiger partial charge in [-0.05, 0) is 12.0 Å². The zero-order valence-electron chi connectivity index (χ0n) is 12.8. The maximum absolute atomic E-state index is 12.4. The molecule has 0 bridgehead atoms. The molecule has 1 amide bonds. The number of rotatable bonds is 6. The van der Waals surface area contributed by atoms with Gasteiger partial charge < -0.3 is 10.4 Å². The molecule has 6 nitrogen and oxygen atoms in total. The summed E-state index contributed by atoms with van der Waals surface area (Å²) in [4.78, 5) is 24.2. The summed E-state index contributed by atoms with van der Waals surface area (Å²) in [6.45, 7) is 3.95. The summed E-state index contributed by atoms with van der Waals surface area (Å²) in [5, 5.41) is 16.3. The number of aliphatic carboxylic acids is 1. The van der Waals surface area contributed by atoms with Crippen LogP contribution in [0.15, 0.2) is 6.07 Å². The Balaban J connectivity index is 2.27. The minimum atomic E-state index is -2.81. The van der Waals surface area contributed by atoms with Gasteiger partial charge in [-0.1, -0.05) is 13.8 Å². The summed E-state index contributed by atoms with van der Waals surface area (Å²) in [7, 11) is 1.75. The number of carboxylic acid groups (broad SMARTS) is 1. The molecule has 1 atom stereocenters. The number of aryl methyl sites for hydroxylation is 1. The van der Waals surface area contributed by atoms with Gasteiger partial charge in [-0.15, -0.1) is 11.3 Å². The monoisotopic (exact) mass is 345 g/mol.